The molecule has 0 amide bonds. The second kappa shape index (κ2) is 8.09. The molecule has 0 fully saturated rings. The van der Waals surface area contributed by atoms with Crippen LogP contribution < -0.4 is 0 Å². The molecule has 18 heavy (non-hydrogen) atoms. The van der Waals surface area contributed by atoms with Gasteiger partial charge in [0, 0.05) is 12.8 Å². The van der Waals surface area contributed by atoms with Gasteiger partial charge in [0.25, 0.3) is 0 Å². The molecule has 1 rings (SSSR count). The van der Waals surface area contributed by atoms with Crippen LogP contribution in [-0.2, 0) is 12.8 Å². The molecule has 0 saturated carbocycles. The van der Waals surface area contributed by atoms with Crippen molar-refractivity contribution >= 4 is 6.08 Å². The number of nitriles is 2. The molecule has 0 aliphatic carbocycles. The predicted molar refractivity (Wildman–Crippen MR) is 73.6 cm³/mol. The fourth-order valence-corrected chi connectivity index (χ4v) is 2.08. The van der Waals surface area contributed by atoms with Crippen LogP contribution in [0.2, 0.25) is 0 Å². The van der Waals surface area contributed by atoms with Gasteiger partial charge in [-0.15, -0.1) is 0 Å². The van der Waals surface area contributed by atoms with Gasteiger partial charge in [0.1, 0.15) is 0 Å². The number of nitrogens with zero attached hydrogens (tertiary/aromatic N) is 2. The molecule has 0 atom stereocenters. The van der Waals surface area contributed by atoms with Gasteiger partial charge in [-0.2, -0.15) is 10.5 Å². The van der Waals surface area contributed by atoms with Gasteiger partial charge >= 0.3 is 0 Å². The first-order valence-electron chi connectivity index (χ1n) is 6.30. The van der Waals surface area contributed by atoms with E-state index in [9.17, 15) is 0 Å². The van der Waals surface area contributed by atoms with Gasteiger partial charge in [0.05, 0.1) is 12.1 Å². The van der Waals surface area contributed by atoms with Gasteiger partial charge in [-0.1, -0.05) is 30.9 Å². The van der Waals surface area contributed by atoms with Crippen LogP contribution in [0.4, 0.5) is 0 Å². The quantitative estimate of drug-likeness (QED) is 0.673. The SMILES string of the molecule is C=Cc1c(CCCC#N)cccc1CCCC#N. The molecule has 0 aliphatic heterocycles. The molecule has 1 aromatic rings. The maximum absolute atomic E-state index is 8.57. The minimum absolute atomic E-state index is 0.593. The smallest absolute Gasteiger partial charge is 0.0621 e. The van der Waals surface area contributed by atoms with Crippen molar-refractivity contribution in [3.05, 3.63) is 41.5 Å². The van der Waals surface area contributed by atoms with Gasteiger partial charge in [0.15, 0.2) is 0 Å². The van der Waals surface area contributed by atoms with Crippen LogP contribution in [0.25, 0.3) is 6.08 Å². The Kier molecular flexibility index (Phi) is 6.30. The number of hydrogen-bond acceptors (Lipinski definition) is 2. The first-order chi connectivity index (χ1) is 8.83. The largest absolute Gasteiger partial charge is 0.198 e. The Morgan fingerprint density at radius 2 is 1.50 bits per heavy atom. The van der Waals surface area contributed by atoms with E-state index in [4.69, 9.17) is 10.5 Å². The number of rotatable bonds is 7. The summed E-state index contributed by atoms with van der Waals surface area (Å²) in [5.41, 5.74) is 3.71. The van der Waals surface area contributed by atoms with Crippen molar-refractivity contribution in [3.63, 3.8) is 0 Å². The molecule has 2 nitrogen and oxygen atoms in total. The van der Waals surface area contributed by atoms with Crippen LogP contribution in [0.5, 0.6) is 0 Å². The normalized spacial score (nSPS) is 9.44. The van der Waals surface area contributed by atoms with E-state index in [1.54, 1.807) is 0 Å². The second-order valence-electron chi connectivity index (χ2n) is 4.22. The summed E-state index contributed by atoms with van der Waals surface area (Å²) >= 11 is 0. The zero-order valence-corrected chi connectivity index (χ0v) is 10.7. The lowest BCUT2D eigenvalue weighted by atomic mass is 9.94. The molecular weight excluding hydrogens is 220 g/mol. The highest BCUT2D eigenvalue weighted by atomic mass is 14.2. The summed E-state index contributed by atoms with van der Waals surface area (Å²) in [5.74, 6) is 0. The molecule has 0 radical (unpaired) electrons. The van der Waals surface area contributed by atoms with Crippen LogP contribution in [0.1, 0.15) is 42.4 Å². The number of aryl methyl sites for hydroxylation is 2. The van der Waals surface area contributed by atoms with E-state index in [1.165, 1.54) is 16.7 Å². The Balaban J connectivity index is 2.79. The third kappa shape index (κ3) is 4.07. The van der Waals surface area contributed by atoms with Gasteiger partial charge < -0.3 is 0 Å². The molecule has 0 aromatic heterocycles. The van der Waals surface area contributed by atoms with Crippen LogP contribution >= 0.6 is 0 Å². The first-order valence-corrected chi connectivity index (χ1v) is 6.30. The number of benzene rings is 1. The molecule has 0 bridgehead atoms. The minimum Gasteiger partial charge on any atom is -0.198 e. The molecule has 2 heteroatoms. The molecular formula is C16H18N2. The van der Waals surface area contributed by atoms with Crippen molar-refractivity contribution in [3.8, 4) is 12.1 Å². The third-order valence-corrected chi connectivity index (χ3v) is 2.96. The summed E-state index contributed by atoms with van der Waals surface area (Å²) in [6.45, 7) is 3.88. The minimum atomic E-state index is 0.593. The standard InChI is InChI=1S/C16H18N2/c1-2-16-14(8-3-5-12-17)10-7-11-15(16)9-4-6-13-18/h2,7,10-11H,1,3-6,8-9H2. The summed E-state index contributed by atoms with van der Waals surface area (Å²) in [7, 11) is 0. The van der Waals surface area contributed by atoms with Crippen molar-refractivity contribution in [2.24, 2.45) is 0 Å². The van der Waals surface area contributed by atoms with Crippen molar-refractivity contribution in [2.45, 2.75) is 38.5 Å². The first kappa shape index (κ1) is 14.0. The van der Waals surface area contributed by atoms with E-state index >= 15 is 0 Å². The molecule has 0 heterocycles. The molecule has 92 valence electrons. The van der Waals surface area contributed by atoms with Gasteiger partial charge in [-0.05, 0) is 42.4 Å². The van der Waals surface area contributed by atoms with E-state index in [-0.39, 0.29) is 0 Å². The van der Waals surface area contributed by atoms with E-state index in [2.05, 4.69) is 36.9 Å². The zero-order valence-electron chi connectivity index (χ0n) is 10.7. The second-order valence-corrected chi connectivity index (χ2v) is 4.22. The molecule has 0 saturated heterocycles. The van der Waals surface area contributed by atoms with E-state index < -0.39 is 0 Å². The Bertz CT molecular complexity index is 437. The summed E-state index contributed by atoms with van der Waals surface area (Å²) < 4.78 is 0. The molecule has 0 spiro atoms. The van der Waals surface area contributed by atoms with Crippen molar-refractivity contribution in [1.82, 2.24) is 0 Å². The Morgan fingerprint density at radius 1 is 1.00 bits per heavy atom. The lowest BCUT2D eigenvalue weighted by molar-refractivity contribution is 0.828. The monoisotopic (exact) mass is 238 g/mol. The van der Waals surface area contributed by atoms with E-state index in [0.29, 0.717) is 12.8 Å². The Morgan fingerprint density at radius 3 is 1.89 bits per heavy atom. The van der Waals surface area contributed by atoms with Crippen LogP contribution in [0.3, 0.4) is 0 Å². The maximum atomic E-state index is 8.57. The van der Waals surface area contributed by atoms with Crippen LogP contribution in [-0.4, -0.2) is 0 Å². The highest BCUT2D eigenvalue weighted by Crippen LogP contribution is 2.20. The van der Waals surface area contributed by atoms with Gasteiger partial charge in [-0.25, -0.2) is 0 Å². The topological polar surface area (TPSA) is 47.6 Å². The van der Waals surface area contributed by atoms with Crippen molar-refractivity contribution < 1.29 is 0 Å². The molecule has 1 aromatic carbocycles. The highest BCUT2D eigenvalue weighted by molar-refractivity contribution is 5.56. The summed E-state index contributed by atoms with van der Waals surface area (Å²) in [4.78, 5) is 0. The van der Waals surface area contributed by atoms with Gasteiger partial charge in [-0.3, -0.25) is 0 Å². The highest BCUT2D eigenvalue weighted by Gasteiger charge is 2.05. The van der Waals surface area contributed by atoms with Gasteiger partial charge in [0.2, 0.25) is 0 Å². The molecule has 0 N–H and O–H groups in total. The number of hydrogen-bond donors (Lipinski definition) is 0. The van der Waals surface area contributed by atoms with E-state index in [0.717, 1.165) is 25.7 Å². The number of unbranched alkanes of at least 4 members (excludes halogenated alkanes) is 2. The predicted octanol–water partition coefficient (Wildman–Crippen LogP) is 4.02. The molecule has 0 unspecified atom stereocenters. The maximum Gasteiger partial charge on any atom is 0.0621 e. The average molecular weight is 238 g/mol. The summed E-state index contributed by atoms with van der Waals surface area (Å²) in [6.07, 6.45) is 6.69. The van der Waals surface area contributed by atoms with Crippen molar-refractivity contribution in [1.29, 1.82) is 10.5 Å². The Hall–Kier alpha value is -2.06. The summed E-state index contributed by atoms with van der Waals surface area (Å²) in [6, 6.07) is 10.6. The fourth-order valence-electron chi connectivity index (χ4n) is 2.08. The van der Waals surface area contributed by atoms with Crippen LogP contribution in [0.15, 0.2) is 24.8 Å². The summed E-state index contributed by atoms with van der Waals surface area (Å²) in [5, 5.41) is 17.1. The van der Waals surface area contributed by atoms with Crippen molar-refractivity contribution in [2.75, 3.05) is 0 Å². The van der Waals surface area contributed by atoms with Crippen LogP contribution in [0, 0.1) is 22.7 Å². The average Bonchev–Trinajstić information content (AvgIpc) is 2.39. The van der Waals surface area contributed by atoms with E-state index in [1.807, 2.05) is 6.08 Å². The zero-order chi connectivity index (χ0) is 13.2. The molecule has 0 aliphatic rings. The third-order valence-electron chi connectivity index (χ3n) is 2.96. The fraction of sp³-hybridized carbons (Fsp3) is 0.375. The lowest BCUT2D eigenvalue weighted by Gasteiger charge is -2.11. The Labute approximate surface area is 109 Å². The lowest BCUT2D eigenvalue weighted by Crippen LogP contribution is -1.96.